The molecule has 6 nitrogen and oxygen atoms in total. The Labute approximate surface area is 161 Å². The zero-order chi connectivity index (χ0) is 18.5. The number of amides is 2. The molecule has 1 aliphatic heterocycles. The second-order valence-electron chi connectivity index (χ2n) is 5.96. The van der Waals surface area contributed by atoms with Crippen LogP contribution in [-0.4, -0.2) is 59.3 Å². The number of halogens is 2. The maximum absolute atomic E-state index is 12.5. The Kier molecular flexibility index (Phi) is 6.08. The summed E-state index contributed by atoms with van der Waals surface area (Å²) in [6.45, 7) is 2.55. The first-order chi connectivity index (χ1) is 12.5. The summed E-state index contributed by atoms with van der Waals surface area (Å²) in [6, 6.07) is 10.3. The summed E-state index contributed by atoms with van der Waals surface area (Å²) < 4.78 is 0. The molecule has 0 aliphatic carbocycles. The van der Waals surface area contributed by atoms with Crippen molar-refractivity contribution in [3.63, 3.8) is 0 Å². The highest BCUT2D eigenvalue weighted by molar-refractivity contribution is 6.33. The van der Waals surface area contributed by atoms with E-state index in [1.807, 2.05) is 17.0 Å². The van der Waals surface area contributed by atoms with Crippen molar-refractivity contribution in [1.29, 1.82) is 0 Å². The molecule has 3 rings (SSSR count). The predicted octanol–water partition coefficient (Wildman–Crippen LogP) is 2.78. The molecule has 0 atom stereocenters. The molecule has 0 unspecified atom stereocenters. The fraction of sp³-hybridized carbons (Fsp3) is 0.278. The summed E-state index contributed by atoms with van der Waals surface area (Å²) in [5, 5.41) is 3.80. The van der Waals surface area contributed by atoms with Gasteiger partial charge in [0.05, 0.1) is 17.3 Å². The van der Waals surface area contributed by atoms with Gasteiger partial charge in [0.15, 0.2) is 0 Å². The number of pyridine rings is 1. The number of hydrogen-bond acceptors (Lipinski definition) is 4. The first kappa shape index (κ1) is 18.6. The Balaban J connectivity index is 1.50. The molecule has 2 aromatic rings. The van der Waals surface area contributed by atoms with Crippen molar-refractivity contribution < 1.29 is 9.59 Å². The third kappa shape index (κ3) is 4.72. The quantitative estimate of drug-likeness (QED) is 0.868. The van der Waals surface area contributed by atoms with Gasteiger partial charge in [0.1, 0.15) is 5.69 Å². The van der Waals surface area contributed by atoms with Crippen LogP contribution >= 0.6 is 23.2 Å². The van der Waals surface area contributed by atoms with E-state index in [0.29, 0.717) is 47.6 Å². The van der Waals surface area contributed by atoms with Crippen molar-refractivity contribution in [2.45, 2.75) is 0 Å². The molecule has 8 heteroatoms. The summed E-state index contributed by atoms with van der Waals surface area (Å²) in [4.78, 5) is 32.4. The van der Waals surface area contributed by atoms with Crippen LogP contribution in [0.25, 0.3) is 0 Å². The van der Waals surface area contributed by atoms with Crippen molar-refractivity contribution in [1.82, 2.24) is 14.8 Å². The maximum atomic E-state index is 12.5. The van der Waals surface area contributed by atoms with Crippen LogP contribution < -0.4 is 5.32 Å². The molecule has 26 heavy (non-hydrogen) atoms. The van der Waals surface area contributed by atoms with Crippen molar-refractivity contribution in [3.05, 3.63) is 58.3 Å². The SMILES string of the molecule is O=C(CN1CCN(C(=O)c2cc(Cl)ccn2)CC1)Nc1ccccc1Cl. The standard InChI is InChI=1S/C18H18Cl2N4O2/c19-13-5-6-21-16(11-13)18(26)24-9-7-23(8-10-24)12-17(25)22-15-4-2-1-3-14(15)20/h1-6,11H,7-10,12H2,(H,22,25). The van der Waals surface area contributed by atoms with E-state index in [2.05, 4.69) is 10.3 Å². The first-order valence-electron chi connectivity index (χ1n) is 8.20. The number of piperazine rings is 1. The Hall–Kier alpha value is -2.15. The summed E-state index contributed by atoms with van der Waals surface area (Å²) in [6.07, 6.45) is 1.52. The monoisotopic (exact) mass is 392 g/mol. The van der Waals surface area contributed by atoms with Gasteiger partial charge in [-0.2, -0.15) is 0 Å². The molecule has 0 bridgehead atoms. The second-order valence-corrected chi connectivity index (χ2v) is 6.80. The molecule has 1 fully saturated rings. The van der Waals surface area contributed by atoms with E-state index in [-0.39, 0.29) is 18.4 Å². The van der Waals surface area contributed by atoms with E-state index in [9.17, 15) is 9.59 Å². The Morgan fingerprint density at radius 2 is 1.81 bits per heavy atom. The van der Waals surface area contributed by atoms with Gasteiger partial charge in [-0.15, -0.1) is 0 Å². The van der Waals surface area contributed by atoms with E-state index < -0.39 is 0 Å². The lowest BCUT2D eigenvalue weighted by Crippen LogP contribution is -2.50. The predicted molar refractivity (Wildman–Crippen MR) is 102 cm³/mol. The molecule has 136 valence electrons. The van der Waals surface area contributed by atoms with E-state index >= 15 is 0 Å². The topological polar surface area (TPSA) is 65.5 Å². The van der Waals surface area contributed by atoms with Crippen molar-refractivity contribution >= 4 is 40.7 Å². The molecule has 2 amide bonds. The van der Waals surface area contributed by atoms with E-state index in [4.69, 9.17) is 23.2 Å². The van der Waals surface area contributed by atoms with Crippen LogP contribution in [0.5, 0.6) is 0 Å². The van der Waals surface area contributed by atoms with Gasteiger partial charge < -0.3 is 10.2 Å². The Morgan fingerprint density at radius 3 is 2.50 bits per heavy atom. The highest BCUT2D eigenvalue weighted by Crippen LogP contribution is 2.20. The number of hydrogen-bond donors (Lipinski definition) is 1. The van der Waals surface area contributed by atoms with E-state index in [1.54, 1.807) is 29.2 Å². The minimum Gasteiger partial charge on any atom is -0.335 e. The fourth-order valence-corrected chi connectivity index (χ4v) is 3.09. The number of nitrogens with zero attached hydrogens (tertiary/aromatic N) is 3. The van der Waals surface area contributed by atoms with Gasteiger partial charge in [-0.1, -0.05) is 35.3 Å². The number of nitrogens with one attached hydrogen (secondary N) is 1. The highest BCUT2D eigenvalue weighted by atomic mass is 35.5. The highest BCUT2D eigenvalue weighted by Gasteiger charge is 2.24. The van der Waals surface area contributed by atoms with Crippen LogP contribution in [0.2, 0.25) is 10.0 Å². The lowest BCUT2D eigenvalue weighted by atomic mass is 10.2. The first-order valence-corrected chi connectivity index (χ1v) is 8.96. The smallest absolute Gasteiger partial charge is 0.272 e. The van der Waals surface area contributed by atoms with E-state index in [0.717, 1.165) is 0 Å². The summed E-state index contributed by atoms with van der Waals surface area (Å²) in [7, 11) is 0. The van der Waals surface area contributed by atoms with Crippen LogP contribution in [0.1, 0.15) is 10.5 Å². The van der Waals surface area contributed by atoms with Gasteiger partial charge in [-0.25, -0.2) is 0 Å². The lowest BCUT2D eigenvalue weighted by molar-refractivity contribution is -0.117. The Morgan fingerprint density at radius 1 is 1.08 bits per heavy atom. The van der Waals surface area contributed by atoms with Crippen molar-refractivity contribution in [3.8, 4) is 0 Å². The molecular formula is C18H18Cl2N4O2. The molecule has 1 aliphatic rings. The molecule has 0 saturated carbocycles. The number of benzene rings is 1. The molecule has 0 spiro atoms. The van der Waals surface area contributed by atoms with Crippen LogP contribution in [0.4, 0.5) is 5.69 Å². The lowest BCUT2D eigenvalue weighted by Gasteiger charge is -2.34. The van der Waals surface area contributed by atoms with Crippen LogP contribution in [0.3, 0.4) is 0 Å². The molecular weight excluding hydrogens is 375 g/mol. The number of aromatic nitrogens is 1. The van der Waals surface area contributed by atoms with Gasteiger partial charge in [0.25, 0.3) is 5.91 Å². The number of carbonyl (C=O) groups excluding carboxylic acids is 2. The Bertz CT molecular complexity index is 807. The van der Waals surface area contributed by atoms with Gasteiger partial charge in [-0.05, 0) is 24.3 Å². The number of para-hydroxylation sites is 1. The maximum Gasteiger partial charge on any atom is 0.272 e. The largest absolute Gasteiger partial charge is 0.335 e. The fourth-order valence-electron chi connectivity index (χ4n) is 2.75. The van der Waals surface area contributed by atoms with Crippen molar-refractivity contribution in [2.75, 3.05) is 38.0 Å². The average Bonchev–Trinajstić information content (AvgIpc) is 2.64. The third-order valence-corrected chi connectivity index (χ3v) is 4.68. The number of rotatable bonds is 4. The van der Waals surface area contributed by atoms with Crippen LogP contribution in [-0.2, 0) is 4.79 Å². The normalized spacial score (nSPS) is 14.9. The minimum absolute atomic E-state index is 0.130. The molecule has 2 heterocycles. The molecule has 1 N–H and O–H groups in total. The van der Waals surface area contributed by atoms with Crippen molar-refractivity contribution in [2.24, 2.45) is 0 Å². The van der Waals surface area contributed by atoms with E-state index in [1.165, 1.54) is 6.20 Å². The van der Waals surface area contributed by atoms with Gasteiger partial charge in [0, 0.05) is 37.4 Å². The molecule has 1 aromatic carbocycles. The number of carbonyl (C=O) groups is 2. The zero-order valence-electron chi connectivity index (χ0n) is 14.0. The van der Waals surface area contributed by atoms with Crippen LogP contribution in [0, 0.1) is 0 Å². The second kappa shape index (κ2) is 8.49. The number of anilines is 1. The van der Waals surface area contributed by atoms with Gasteiger partial charge in [0.2, 0.25) is 5.91 Å². The van der Waals surface area contributed by atoms with Gasteiger partial charge in [-0.3, -0.25) is 19.5 Å². The molecule has 1 aromatic heterocycles. The summed E-state index contributed by atoms with van der Waals surface area (Å²) in [5.74, 6) is -0.276. The minimum atomic E-state index is -0.146. The van der Waals surface area contributed by atoms with Crippen LogP contribution in [0.15, 0.2) is 42.6 Å². The third-order valence-electron chi connectivity index (χ3n) is 4.12. The average molecular weight is 393 g/mol. The summed E-state index contributed by atoms with van der Waals surface area (Å²) >= 11 is 12.0. The summed E-state index contributed by atoms with van der Waals surface area (Å²) in [5.41, 5.74) is 0.933. The van der Waals surface area contributed by atoms with Gasteiger partial charge >= 0.3 is 0 Å². The zero-order valence-corrected chi connectivity index (χ0v) is 15.5. The molecule has 0 radical (unpaired) electrons. The molecule has 1 saturated heterocycles.